The summed E-state index contributed by atoms with van der Waals surface area (Å²) in [4.78, 5) is 0.112. The largest absolute Gasteiger partial charge is 0.496 e. The van der Waals surface area contributed by atoms with Gasteiger partial charge in [0, 0.05) is 6.54 Å². The first-order valence-electron chi connectivity index (χ1n) is 9.13. The van der Waals surface area contributed by atoms with Crippen molar-refractivity contribution in [1.82, 2.24) is 4.72 Å². The molecule has 0 aliphatic heterocycles. The van der Waals surface area contributed by atoms with E-state index >= 15 is 0 Å². The van der Waals surface area contributed by atoms with Gasteiger partial charge >= 0.3 is 0 Å². The Hall–Kier alpha value is -2.62. The highest BCUT2D eigenvalue weighted by Gasteiger charge is 2.33. The molecule has 0 spiro atoms. The van der Waals surface area contributed by atoms with Crippen molar-refractivity contribution in [3.63, 3.8) is 0 Å². The molecule has 9 heteroatoms. The van der Waals surface area contributed by atoms with Gasteiger partial charge in [-0.2, -0.15) is 0 Å². The smallest absolute Gasteiger partial charge is 0.240 e. The standard InChI is InChI=1S/C21H23NO6S2/c1-15-6-8-17(9-7-15)29(23,24)21(20-5-4-12-28-20)14-22-30(25,26)18-10-11-19(27-3)16(2)13-18/h4-13,21-22H,14H2,1-3H3/t21-/m0/s1. The molecule has 160 valence electrons. The van der Waals surface area contributed by atoms with Crippen LogP contribution in [0.25, 0.3) is 0 Å². The van der Waals surface area contributed by atoms with Crippen LogP contribution >= 0.6 is 0 Å². The Kier molecular flexibility index (Phi) is 6.35. The molecule has 0 aliphatic carbocycles. The van der Waals surface area contributed by atoms with Gasteiger partial charge in [0.05, 0.1) is 23.2 Å². The molecule has 0 aliphatic rings. The predicted octanol–water partition coefficient (Wildman–Crippen LogP) is 3.40. The fourth-order valence-corrected chi connectivity index (χ4v) is 5.84. The van der Waals surface area contributed by atoms with E-state index < -0.39 is 25.1 Å². The van der Waals surface area contributed by atoms with Crippen molar-refractivity contribution < 1.29 is 26.0 Å². The monoisotopic (exact) mass is 449 g/mol. The molecule has 1 atom stereocenters. The molecular formula is C21H23NO6S2. The van der Waals surface area contributed by atoms with E-state index in [1.165, 1.54) is 43.7 Å². The first kappa shape index (κ1) is 22.1. The lowest BCUT2D eigenvalue weighted by Crippen LogP contribution is -2.32. The van der Waals surface area contributed by atoms with Gasteiger partial charge in [-0.25, -0.2) is 21.6 Å². The van der Waals surface area contributed by atoms with Crippen LogP contribution in [0.2, 0.25) is 0 Å². The van der Waals surface area contributed by atoms with E-state index in [9.17, 15) is 16.8 Å². The molecule has 0 fully saturated rings. The lowest BCUT2D eigenvalue weighted by Gasteiger charge is -2.17. The maximum Gasteiger partial charge on any atom is 0.240 e. The molecule has 3 aromatic rings. The third-order valence-corrected chi connectivity index (χ3v) is 8.22. The van der Waals surface area contributed by atoms with Gasteiger partial charge in [0.1, 0.15) is 16.8 Å². The lowest BCUT2D eigenvalue weighted by atomic mass is 10.2. The lowest BCUT2D eigenvalue weighted by molar-refractivity contribution is 0.411. The summed E-state index contributed by atoms with van der Waals surface area (Å²) in [5, 5.41) is -1.22. The first-order chi connectivity index (χ1) is 14.1. The van der Waals surface area contributed by atoms with E-state index in [0.717, 1.165) is 5.56 Å². The molecule has 1 aromatic heterocycles. The highest BCUT2D eigenvalue weighted by molar-refractivity contribution is 7.92. The van der Waals surface area contributed by atoms with Crippen molar-refractivity contribution in [2.24, 2.45) is 0 Å². The van der Waals surface area contributed by atoms with E-state index in [2.05, 4.69) is 4.72 Å². The van der Waals surface area contributed by atoms with Crippen molar-refractivity contribution in [1.29, 1.82) is 0 Å². The van der Waals surface area contributed by atoms with Gasteiger partial charge in [0.15, 0.2) is 9.84 Å². The average Bonchev–Trinajstić information content (AvgIpc) is 3.22. The average molecular weight is 450 g/mol. The number of rotatable bonds is 8. The van der Waals surface area contributed by atoms with Crippen LogP contribution in [0.3, 0.4) is 0 Å². The minimum atomic E-state index is -3.95. The van der Waals surface area contributed by atoms with Gasteiger partial charge in [0.2, 0.25) is 10.0 Å². The van der Waals surface area contributed by atoms with Crippen molar-refractivity contribution in [3.8, 4) is 5.75 Å². The molecule has 30 heavy (non-hydrogen) atoms. The summed E-state index contributed by atoms with van der Waals surface area (Å²) in [6.07, 6.45) is 1.36. The number of sulfonamides is 1. The predicted molar refractivity (Wildman–Crippen MR) is 113 cm³/mol. The normalized spacial score (nSPS) is 13.2. The number of aryl methyl sites for hydroxylation is 2. The minimum absolute atomic E-state index is 0.0201. The van der Waals surface area contributed by atoms with Gasteiger partial charge in [-0.05, 0) is 61.9 Å². The molecule has 0 saturated carbocycles. The number of sulfone groups is 1. The Labute approximate surface area is 176 Å². The molecule has 0 bridgehead atoms. The van der Waals surface area contributed by atoms with Crippen molar-refractivity contribution in [2.45, 2.75) is 28.9 Å². The second kappa shape index (κ2) is 8.63. The van der Waals surface area contributed by atoms with Crippen LogP contribution < -0.4 is 9.46 Å². The summed E-state index contributed by atoms with van der Waals surface area (Å²) in [6, 6.07) is 13.9. The van der Waals surface area contributed by atoms with Crippen molar-refractivity contribution in [2.75, 3.05) is 13.7 Å². The molecule has 0 unspecified atom stereocenters. The van der Waals surface area contributed by atoms with E-state index in [-0.39, 0.29) is 22.1 Å². The molecule has 7 nitrogen and oxygen atoms in total. The summed E-state index contributed by atoms with van der Waals surface area (Å²) in [7, 11) is -6.36. The highest BCUT2D eigenvalue weighted by Crippen LogP contribution is 2.30. The number of nitrogens with one attached hydrogen (secondary N) is 1. The number of furan rings is 1. The zero-order chi connectivity index (χ0) is 21.9. The number of hydrogen-bond donors (Lipinski definition) is 1. The van der Waals surface area contributed by atoms with Crippen LogP contribution in [0.5, 0.6) is 5.75 Å². The van der Waals surface area contributed by atoms with Gasteiger partial charge in [-0.3, -0.25) is 0 Å². The van der Waals surface area contributed by atoms with E-state index in [4.69, 9.17) is 9.15 Å². The molecule has 2 aromatic carbocycles. The molecule has 0 amide bonds. The topological polar surface area (TPSA) is 103 Å². The maximum absolute atomic E-state index is 13.2. The molecule has 1 N–H and O–H groups in total. The Bertz CT molecular complexity index is 1220. The summed E-state index contributed by atoms with van der Waals surface area (Å²) < 4.78 is 64.9. The third kappa shape index (κ3) is 4.58. The fourth-order valence-electron chi connectivity index (χ4n) is 3.02. The zero-order valence-electron chi connectivity index (χ0n) is 16.8. The second-order valence-electron chi connectivity index (χ2n) is 6.85. The van der Waals surface area contributed by atoms with Crippen LogP contribution in [0.4, 0.5) is 0 Å². The molecule has 1 heterocycles. The summed E-state index contributed by atoms with van der Waals surface area (Å²) in [6.45, 7) is 3.20. The van der Waals surface area contributed by atoms with Crippen LogP contribution in [0.15, 0.2) is 75.1 Å². The van der Waals surface area contributed by atoms with E-state index in [0.29, 0.717) is 11.3 Å². The fraction of sp³-hybridized carbons (Fsp3) is 0.238. The van der Waals surface area contributed by atoms with Crippen LogP contribution in [0.1, 0.15) is 22.1 Å². The third-order valence-electron chi connectivity index (χ3n) is 4.72. The molecule has 3 rings (SSSR count). The first-order valence-corrected chi connectivity index (χ1v) is 12.2. The summed E-state index contributed by atoms with van der Waals surface area (Å²) in [5.74, 6) is 0.716. The zero-order valence-corrected chi connectivity index (χ0v) is 18.5. The maximum atomic E-state index is 13.2. The van der Waals surface area contributed by atoms with Crippen LogP contribution in [0, 0.1) is 13.8 Å². The van der Waals surface area contributed by atoms with Gasteiger partial charge in [-0.1, -0.05) is 17.7 Å². The second-order valence-corrected chi connectivity index (χ2v) is 10.7. The number of methoxy groups -OCH3 is 1. The number of benzene rings is 2. The van der Waals surface area contributed by atoms with Crippen LogP contribution in [-0.2, 0) is 19.9 Å². The Morgan fingerprint density at radius 1 is 0.967 bits per heavy atom. The number of hydrogen-bond acceptors (Lipinski definition) is 6. The molecular weight excluding hydrogens is 426 g/mol. The van der Waals surface area contributed by atoms with E-state index in [1.807, 2.05) is 6.92 Å². The number of ether oxygens (including phenoxy) is 1. The van der Waals surface area contributed by atoms with Crippen LogP contribution in [-0.4, -0.2) is 30.5 Å². The molecule has 0 saturated heterocycles. The summed E-state index contributed by atoms with van der Waals surface area (Å²) in [5.41, 5.74) is 1.56. The summed E-state index contributed by atoms with van der Waals surface area (Å²) >= 11 is 0. The SMILES string of the molecule is COc1ccc(S(=O)(=O)NC[C@@H](c2ccco2)S(=O)(=O)c2ccc(C)cc2)cc1C. The van der Waals surface area contributed by atoms with Gasteiger partial charge in [0.25, 0.3) is 0 Å². The Morgan fingerprint density at radius 3 is 2.20 bits per heavy atom. The van der Waals surface area contributed by atoms with Gasteiger partial charge in [-0.15, -0.1) is 0 Å². The van der Waals surface area contributed by atoms with Crippen molar-refractivity contribution in [3.05, 3.63) is 77.7 Å². The highest BCUT2D eigenvalue weighted by atomic mass is 32.2. The van der Waals surface area contributed by atoms with Crippen molar-refractivity contribution >= 4 is 19.9 Å². The Morgan fingerprint density at radius 2 is 1.63 bits per heavy atom. The van der Waals surface area contributed by atoms with E-state index in [1.54, 1.807) is 31.2 Å². The quantitative estimate of drug-likeness (QED) is 0.565. The van der Waals surface area contributed by atoms with Gasteiger partial charge < -0.3 is 9.15 Å². The minimum Gasteiger partial charge on any atom is -0.496 e. The molecule has 0 radical (unpaired) electrons. The Balaban J connectivity index is 1.91.